The fourth-order valence-electron chi connectivity index (χ4n) is 0.989. The zero-order valence-corrected chi connectivity index (χ0v) is 10.6. The highest BCUT2D eigenvalue weighted by Crippen LogP contribution is 2.11. The van der Waals surface area contributed by atoms with Gasteiger partial charge in [-0.2, -0.15) is 4.40 Å². The lowest BCUT2D eigenvalue weighted by Crippen LogP contribution is -2.19. The molecule has 16 heavy (non-hydrogen) atoms. The van der Waals surface area contributed by atoms with Crippen LogP contribution in [0.4, 0.5) is 4.39 Å². The summed E-state index contributed by atoms with van der Waals surface area (Å²) in [5.74, 6) is -0.251. The van der Waals surface area contributed by atoms with E-state index in [1.807, 2.05) is 20.8 Å². The molecule has 88 valence electrons. The molecule has 2 nitrogen and oxygen atoms in total. The Bertz CT molecular complexity index is 392. The van der Waals surface area contributed by atoms with Crippen LogP contribution < -0.4 is 0 Å². The van der Waals surface area contributed by atoms with E-state index in [1.54, 1.807) is 18.3 Å². The minimum atomic E-state index is -1.22. The lowest BCUT2D eigenvalue weighted by molar-refractivity contribution is 0.627. The molecule has 0 aliphatic rings. The molecule has 0 spiro atoms. The Balaban J connectivity index is 2.55. The summed E-state index contributed by atoms with van der Waals surface area (Å²) >= 11 is 0. The van der Waals surface area contributed by atoms with Crippen LogP contribution in [-0.2, 0) is 17.4 Å². The predicted molar refractivity (Wildman–Crippen MR) is 66.5 cm³/mol. The van der Waals surface area contributed by atoms with Crippen LogP contribution in [0.2, 0.25) is 0 Å². The van der Waals surface area contributed by atoms with Gasteiger partial charge in [0.05, 0.1) is 4.75 Å². The summed E-state index contributed by atoms with van der Waals surface area (Å²) in [6.45, 7) is 5.62. The molecule has 0 aliphatic heterocycles. The van der Waals surface area contributed by atoms with Crippen molar-refractivity contribution in [2.45, 2.75) is 31.9 Å². The largest absolute Gasteiger partial charge is 0.234 e. The normalized spacial score (nSPS) is 14.2. The second kappa shape index (κ2) is 5.34. The fourth-order valence-corrected chi connectivity index (χ4v) is 1.52. The quantitative estimate of drug-likeness (QED) is 0.748. The number of hydrogen-bond donors (Lipinski definition) is 0. The molecule has 0 heterocycles. The molecule has 1 aromatic carbocycles. The molecule has 1 atom stereocenters. The third kappa shape index (κ3) is 4.23. The SMILES string of the molecule is CC(C)(C)[S@@](=O)/N=C/Cc1ccc(F)cc1. The van der Waals surface area contributed by atoms with Crippen LogP contribution in [0.25, 0.3) is 0 Å². The standard InChI is InChI=1S/C12H16FNOS/c1-12(2,3)16(15)14-9-8-10-4-6-11(13)7-5-10/h4-7,9H,8H2,1-3H3/b14-9+/t16-/m1/s1. The van der Waals surface area contributed by atoms with E-state index in [1.165, 1.54) is 12.1 Å². The number of halogens is 1. The summed E-state index contributed by atoms with van der Waals surface area (Å²) in [6.07, 6.45) is 2.19. The second-order valence-electron chi connectivity index (χ2n) is 4.48. The van der Waals surface area contributed by atoms with E-state index in [2.05, 4.69) is 4.40 Å². The van der Waals surface area contributed by atoms with Gasteiger partial charge in [-0.1, -0.05) is 12.1 Å². The first-order valence-electron chi connectivity index (χ1n) is 5.08. The molecular weight excluding hydrogens is 225 g/mol. The zero-order valence-electron chi connectivity index (χ0n) is 9.74. The van der Waals surface area contributed by atoms with E-state index in [0.29, 0.717) is 6.42 Å². The van der Waals surface area contributed by atoms with E-state index < -0.39 is 11.0 Å². The van der Waals surface area contributed by atoms with Gasteiger partial charge in [-0.05, 0) is 38.5 Å². The number of benzene rings is 1. The summed E-state index contributed by atoms with van der Waals surface area (Å²) in [6, 6.07) is 6.20. The fraction of sp³-hybridized carbons (Fsp3) is 0.417. The van der Waals surface area contributed by atoms with Crippen LogP contribution in [-0.4, -0.2) is 15.2 Å². The van der Waals surface area contributed by atoms with Crippen molar-refractivity contribution in [2.24, 2.45) is 4.40 Å². The highest BCUT2D eigenvalue weighted by atomic mass is 32.2. The molecule has 4 heteroatoms. The molecule has 0 bridgehead atoms. The summed E-state index contributed by atoms with van der Waals surface area (Å²) in [4.78, 5) is 0. The summed E-state index contributed by atoms with van der Waals surface area (Å²) < 4.78 is 27.8. The Hall–Kier alpha value is -1.03. The average molecular weight is 241 g/mol. The van der Waals surface area contributed by atoms with Crippen LogP contribution >= 0.6 is 0 Å². The van der Waals surface area contributed by atoms with Gasteiger partial charge in [-0.3, -0.25) is 0 Å². The minimum Gasteiger partial charge on any atom is -0.234 e. The second-order valence-corrected chi connectivity index (χ2v) is 6.41. The molecule has 0 fully saturated rings. The van der Waals surface area contributed by atoms with Crippen LogP contribution in [0, 0.1) is 5.82 Å². The highest BCUT2D eigenvalue weighted by molar-refractivity contribution is 7.85. The first-order chi connectivity index (χ1) is 7.39. The van der Waals surface area contributed by atoms with Gasteiger partial charge < -0.3 is 0 Å². The first kappa shape index (κ1) is 13.0. The molecule has 1 aromatic rings. The van der Waals surface area contributed by atoms with Crippen LogP contribution in [0.3, 0.4) is 0 Å². The Morgan fingerprint density at radius 3 is 2.38 bits per heavy atom. The smallest absolute Gasteiger partial charge is 0.144 e. The van der Waals surface area contributed by atoms with Gasteiger partial charge in [0.1, 0.15) is 16.8 Å². The average Bonchev–Trinajstić information content (AvgIpc) is 2.19. The molecule has 0 aromatic heterocycles. The van der Waals surface area contributed by atoms with Crippen LogP contribution in [0.5, 0.6) is 0 Å². The monoisotopic (exact) mass is 241 g/mol. The minimum absolute atomic E-state index is 0.251. The first-order valence-corrected chi connectivity index (χ1v) is 6.19. The van der Waals surface area contributed by atoms with Crippen molar-refractivity contribution in [3.05, 3.63) is 35.6 Å². The van der Waals surface area contributed by atoms with Gasteiger partial charge in [0.25, 0.3) is 0 Å². The van der Waals surface area contributed by atoms with E-state index >= 15 is 0 Å². The third-order valence-corrected chi connectivity index (χ3v) is 3.32. The lowest BCUT2D eigenvalue weighted by Gasteiger charge is -2.12. The predicted octanol–water partition coefficient (Wildman–Crippen LogP) is 2.90. The van der Waals surface area contributed by atoms with Crippen molar-refractivity contribution in [2.75, 3.05) is 0 Å². The summed E-state index contributed by atoms with van der Waals surface area (Å²) in [5, 5.41) is 0. The maximum atomic E-state index is 12.6. The Morgan fingerprint density at radius 1 is 1.31 bits per heavy atom. The summed E-state index contributed by atoms with van der Waals surface area (Å²) in [7, 11) is -1.22. The molecule has 0 radical (unpaired) electrons. The van der Waals surface area contributed by atoms with Crippen molar-refractivity contribution in [3.8, 4) is 0 Å². The highest BCUT2D eigenvalue weighted by Gasteiger charge is 2.17. The van der Waals surface area contributed by atoms with Crippen molar-refractivity contribution >= 4 is 17.2 Å². The molecule has 0 saturated carbocycles. The third-order valence-electron chi connectivity index (χ3n) is 1.93. The van der Waals surface area contributed by atoms with Gasteiger partial charge in [-0.25, -0.2) is 8.60 Å². The molecule has 0 amide bonds. The Labute approximate surface area is 98.2 Å². The molecule has 0 saturated heterocycles. The van der Waals surface area contributed by atoms with Gasteiger partial charge in [-0.15, -0.1) is 0 Å². The van der Waals surface area contributed by atoms with Crippen molar-refractivity contribution in [1.82, 2.24) is 0 Å². The Kier molecular flexibility index (Phi) is 4.35. The van der Waals surface area contributed by atoms with E-state index in [-0.39, 0.29) is 10.6 Å². The van der Waals surface area contributed by atoms with E-state index in [4.69, 9.17) is 0 Å². The van der Waals surface area contributed by atoms with Crippen LogP contribution in [0.1, 0.15) is 26.3 Å². The maximum absolute atomic E-state index is 12.6. The molecule has 0 aliphatic carbocycles. The van der Waals surface area contributed by atoms with Gasteiger partial charge in [0.15, 0.2) is 0 Å². The topological polar surface area (TPSA) is 29.4 Å². The zero-order chi connectivity index (χ0) is 12.2. The number of hydrogen-bond acceptors (Lipinski definition) is 1. The Morgan fingerprint density at radius 2 is 1.88 bits per heavy atom. The van der Waals surface area contributed by atoms with Gasteiger partial charge in [0, 0.05) is 12.6 Å². The van der Waals surface area contributed by atoms with Crippen LogP contribution in [0.15, 0.2) is 28.7 Å². The molecule has 0 N–H and O–H groups in total. The van der Waals surface area contributed by atoms with E-state index in [0.717, 1.165) is 5.56 Å². The lowest BCUT2D eigenvalue weighted by atomic mass is 10.2. The summed E-state index contributed by atoms with van der Waals surface area (Å²) in [5.41, 5.74) is 0.955. The van der Waals surface area contributed by atoms with E-state index in [9.17, 15) is 8.60 Å². The molecule has 0 unspecified atom stereocenters. The van der Waals surface area contributed by atoms with Crippen molar-refractivity contribution < 1.29 is 8.60 Å². The number of rotatable bonds is 3. The molecular formula is C12H16FNOS. The maximum Gasteiger partial charge on any atom is 0.144 e. The van der Waals surface area contributed by atoms with Gasteiger partial charge >= 0.3 is 0 Å². The van der Waals surface area contributed by atoms with Crippen molar-refractivity contribution in [3.63, 3.8) is 0 Å². The molecule has 1 rings (SSSR count). The number of nitrogens with zero attached hydrogens (tertiary/aromatic N) is 1. The van der Waals surface area contributed by atoms with Crippen molar-refractivity contribution in [1.29, 1.82) is 0 Å². The van der Waals surface area contributed by atoms with Gasteiger partial charge in [0.2, 0.25) is 0 Å².